The second-order valence-corrected chi connectivity index (χ2v) is 2.58. The van der Waals surface area contributed by atoms with Crippen LogP contribution in [0.5, 0.6) is 0 Å². The number of aryl methyl sites for hydroxylation is 1. The third-order valence-corrected chi connectivity index (χ3v) is 1.64. The van der Waals surface area contributed by atoms with Crippen molar-refractivity contribution in [3.8, 4) is 0 Å². The summed E-state index contributed by atoms with van der Waals surface area (Å²) in [5.74, 6) is -0.691. The van der Waals surface area contributed by atoms with Crippen LogP contribution in [-0.2, 0) is 0 Å². The highest BCUT2D eigenvalue weighted by Gasteiger charge is 2.06. The minimum atomic E-state index is -0.561. The molecule has 0 aromatic carbocycles. The van der Waals surface area contributed by atoms with Crippen LogP contribution in [0.1, 0.15) is 29.4 Å². The lowest BCUT2D eigenvalue weighted by Gasteiger charge is -1.98. The fraction of sp³-hybridized carbons (Fsp3) is 0.333. The van der Waals surface area contributed by atoms with Crippen LogP contribution in [0.15, 0.2) is 12.1 Å². The van der Waals surface area contributed by atoms with Crippen LogP contribution in [0.3, 0.4) is 0 Å². The molecule has 0 aliphatic rings. The highest BCUT2D eigenvalue weighted by Crippen LogP contribution is 2.06. The Morgan fingerprint density at radius 3 is 2.75 bits per heavy atom. The highest BCUT2D eigenvalue weighted by molar-refractivity contribution is 5.93. The average Bonchev–Trinajstić information content (AvgIpc) is 2.08. The van der Waals surface area contributed by atoms with E-state index in [1.807, 2.05) is 0 Å². The molecular formula is C9H10FNO. The number of pyridine rings is 1. The molecule has 0 bridgehead atoms. The standard InChI is InChI=1S/C9H10FNO/c1-3-8(12)7-5-4-6(2)9(10)11-7/h4-5H,3H2,1-2H3. The zero-order valence-corrected chi connectivity index (χ0v) is 7.10. The third-order valence-electron chi connectivity index (χ3n) is 1.64. The van der Waals surface area contributed by atoms with Gasteiger partial charge in [0, 0.05) is 12.0 Å². The van der Waals surface area contributed by atoms with E-state index in [1.165, 1.54) is 0 Å². The van der Waals surface area contributed by atoms with Gasteiger partial charge in [-0.1, -0.05) is 13.0 Å². The molecule has 0 amide bonds. The van der Waals surface area contributed by atoms with Crippen LogP contribution < -0.4 is 0 Å². The molecule has 0 radical (unpaired) electrons. The second-order valence-electron chi connectivity index (χ2n) is 2.58. The number of aromatic nitrogens is 1. The van der Waals surface area contributed by atoms with E-state index >= 15 is 0 Å². The van der Waals surface area contributed by atoms with Crippen molar-refractivity contribution in [2.75, 3.05) is 0 Å². The molecule has 0 atom stereocenters. The molecule has 1 heterocycles. The summed E-state index contributed by atoms with van der Waals surface area (Å²) in [7, 11) is 0. The van der Waals surface area contributed by atoms with Gasteiger partial charge in [-0.15, -0.1) is 0 Å². The average molecular weight is 167 g/mol. The summed E-state index contributed by atoms with van der Waals surface area (Å²) in [6.45, 7) is 3.34. The number of Topliss-reactive ketones (excluding diaryl/α,β-unsaturated/α-hetero) is 1. The molecule has 0 saturated heterocycles. The maximum Gasteiger partial charge on any atom is 0.216 e. The van der Waals surface area contributed by atoms with Crippen LogP contribution in [0, 0.1) is 12.9 Å². The summed E-state index contributed by atoms with van der Waals surface area (Å²) < 4.78 is 12.8. The lowest BCUT2D eigenvalue weighted by atomic mass is 10.2. The summed E-state index contributed by atoms with van der Waals surface area (Å²) in [5, 5.41) is 0. The largest absolute Gasteiger partial charge is 0.292 e. The molecule has 0 aliphatic carbocycles. The van der Waals surface area contributed by atoms with Gasteiger partial charge in [0.05, 0.1) is 0 Å². The number of hydrogen-bond acceptors (Lipinski definition) is 2. The van der Waals surface area contributed by atoms with E-state index in [0.29, 0.717) is 12.0 Å². The van der Waals surface area contributed by atoms with Gasteiger partial charge >= 0.3 is 0 Å². The smallest absolute Gasteiger partial charge is 0.216 e. The normalized spacial score (nSPS) is 9.92. The molecule has 3 heteroatoms. The lowest BCUT2D eigenvalue weighted by molar-refractivity contribution is 0.0982. The predicted octanol–water partition coefficient (Wildman–Crippen LogP) is 2.12. The topological polar surface area (TPSA) is 30.0 Å². The van der Waals surface area contributed by atoms with E-state index < -0.39 is 5.95 Å². The van der Waals surface area contributed by atoms with Crippen LogP contribution in [0.2, 0.25) is 0 Å². The van der Waals surface area contributed by atoms with Gasteiger partial charge in [-0.3, -0.25) is 4.79 Å². The van der Waals surface area contributed by atoms with E-state index in [2.05, 4.69) is 4.98 Å². The number of hydrogen-bond donors (Lipinski definition) is 0. The molecule has 64 valence electrons. The summed E-state index contributed by atoms with van der Waals surface area (Å²) in [6, 6.07) is 3.11. The van der Waals surface area contributed by atoms with Gasteiger partial charge in [-0.05, 0) is 13.0 Å². The van der Waals surface area contributed by atoms with Crippen molar-refractivity contribution < 1.29 is 9.18 Å². The van der Waals surface area contributed by atoms with Crippen molar-refractivity contribution in [3.63, 3.8) is 0 Å². The van der Waals surface area contributed by atoms with Gasteiger partial charge in [0.15, 0.2) is 5.78 Å². The maximum absolute atomic E-state index is 12.8. The van der Waals surface area contributed by atoms with Gasteiger partial charge in [0.1, 0.15) is 5.69 Å². The quantitative estimate of drug-likeness (QED) is 0.498. The molecule has 2 nitrogen and oxygen atoms in total. The molecule has 1 aromatic rings. The lowest BCUT2D eigenvalue weighted by Crippen LogP contribution is -2.02. The van der Waals surface area contributed by atoms with Crippen molar-refractivity contribution >= 4 is 5.78 Å². The van der Waals surface area contributed by atoms with Crippen LogP contribution in [-0.4, -0.2) is 10.8 Å². The third kappa shape index (κ3) is 1.67. The van der Waals surface area contributed by atoms with Crippen molar-refractivity contribution in [2.45, 2.75) is 20.3 Å². The fourth-order valence-corrected chi connectivity index (χ4v) is 0.840. The molecule has 1 rings (SSSR count). The van der Waals surface area contributed by atoms with E-state index in [0.717, 1.165) is 0 Å². The summed E-state index contributed by atoms with van der Waals surface area (Å²) >= 11 is 0. The Kier molecular flexibility index (Phi) is 2.53. The molecule has 0 aliphatic heterocycles. The number of ketones is 1. The predicted molar refractivity (Wildman–Crippen MR) is 43.6 cm³/mol. The molecule has 0 saturated carbocycles. The molecule has 12 heavy (non-hydrogen) atoms. The highest BCUT2D eigenvalue weighted by atomic mass is 19.1. The number of nitrogens with zero attached hydrogens (tertiary/aromatic N) is 1. The van der Waals surface area contributed by atoms with Gasteiger partial charge < -0.3 is 0 Å². The number of rotatable bonds is 2. The van der Waals surface area contributed by atoms with Gasteiger partial charge in [-0.2, -0.15) is 4.39 Å². The summed E-state index contributed by atoms with van der Waals surface area (Å²) in [6.07, 6.45) is 0.357. The Morgan fingerprint density at radius 2 is 2.25 bits per heavy atom. The first kappa shape index (κ1) is 8.84. The first-order valence-corrected chi connectivity index (χ1v) is 3.81. The van der Waals surface area contributed by atoms with Crippen molar-refractivity contribution in [1.29, 1.82) is 0 Å². The summed E-state index contributed by atoms with van der Waals surface area (Å²) in [5.41, 5.74) is 0.670. The maximum atomic E-state index is 12.8. The number of carbonyl (C=O) groups is 1. The van der Waals surface area contributed by atoms with Crippen molar-refractivity contribution in [1.82, 2.24) is 4.98 Å². The molecule has 1 aromatic heterocycles. The van der Waals surface area contributed by atoms with E-state index in [4.69, 9.17) is 0 Å². The van der Waals surface area contributed by atoms with E-state index in [9.17, 15) is 9.18 Å². The molecule has 0 spiro atoms. The minimum Gasteiger partial charge on any atom is -0.292 e. The van der Waals surface area contributed by atoms with Crippen LogP contribution in [0.25, 0.3) is 0 Å². The zero-order valence-electron chi connectivity index (χ0n) is 7.10. The second kappa shape index (κ2) is 3.43. The summed E-state index contributed by atoms with van der Waals surface area (Å²) in [4.78, 5) is 14.6. The Hall–Kier alpha value is -1.25. The Labute approximate surface area is 70.4 Å². The number of halogens is 1. The fourth-order valence-electron chi connectivity index (χ4n) is 0.840. The van der Waals surface area contributed by atoms with E-state index in [1.54, 1.807) is 26.0 Å². The van der Waals surface area contributed by atoms with E-state index in [-0.39, 0.29) is 11.5 Å². The van der Waals surface area contributed by atoms with Crippen LogP contribution in [0.4, 0.5) is 4.39 Å². The van der Waals surface area contributed by atoms with Crippen molar-refractivity contribution in [2.24, 2.45) is 0 Å². The molecular weight excluding hydrogens is 157 g/mol. The van der Waals surface area contributed by atoms with Crippen LogP contribution >= 0.6 is 0 Å². The SMILES string of the molecule is CCC(=O)c1ccc(C)c(F)n1. The first-order valence-electron chi connectivity index (χ1n) is 3.81. The monoisotopic (exact) mass is 167 g/mol. The zero-order chi connectivity index (χ0) is 9.14. The Bertz CT molecular complexity index is 309. The first-order chi connectivity index (χ1) is 5.65. The van der Waals surface area contributed by atoms with Gasteiger partial charge in [0.2, 0.25) is 5.95 Å². The Morgan fingerprint density at radius 1 is 1.58 bits per heavy atom. The molecule has 0 fully saturated rings. The molecule has 0 unspecified atom stereocenters. The van der Waals surface area contributed by atoms with Gasteiger partial charge in [0.25, 0.3) is 0 Å². The Balaban J connectivity index is 3.05. The number of carbonyl (C=O) groups excluding carboxylic acids is 1. The minimum absolute atomic E-state index is 0.131. The van der Waals surface area contributed by atoms with Crippen molar-refractivity contribution in [3.05, 3.63) is 29.3 Å². The molecule has 0 N–H and O–H groups in total. The van der Waals surface area contributed by atoms with Gasteiger partial charge in [-0.25, -0.2) is 4.98 Å².